The molecule has 0 saturated heterocycles. The van der Waals surface area contributed by atoms with E-state index in [4.69, 9.17) is 0 Å². The van der Waals surface area contributed by atoms with Gasteiger partial charge in [-0.1, -0.05) is 167 Å². The number of rotatable bonds is 6. The van der Waals surface area contributed by atoms with Crippen molar-refractivity contribution in [1.29, 1.82) is 0 Å². The van der Waals surface area contributed by atoms with Crippen LogP contribution in [0.2, 0.25) is 0 Å². The smallest absolute Gasteiger partial charge is 0.0540 e. The van der Waals surface area contributed by atoms with Crippen LogP contribution < -0.4 is 14.7 Å². The Kier molecular flexibility index (Phi) is 9.94. The molecule has 0 N–H and O–H groups in total. The van der Waals surface area contributed by atoms with Crippen molar-refractivity contribution in [1.82, 2.24) is 0 Å². The Morgan fingerprint density at radius 2 is 0.972 bits per heavy atom. The molecule has 4 aliphatic rings. The van der Waals surface area contributed by atoms with Crippen molar-refractivity contribution in [3.05, 3.63) is 220 Å². The first kappa shape index (κ1) is 45.3. The summed E-state index contributed by atoms with van der Waals surface area (Å²) in [5, 5.41) is 0. The van der Waals surface area contributed by atoms with E-state index in [1.54, 1.807) is 0 Å². The van der Waals surface area contributed by atoms with E-state index in [0.717, 1.165) is 29.9 Å². The molecule has 8 aromatic carbocycles. The van der Waals surface area contributed by atoms with Gasteiger partial charge in [-0.15, -0.1) is 0 Å². The number of nitrogens with zero attached hydrogens (tertiary/aromatic N) is 3. The fraction of sp³-hybridized carbons (Fsp3) is 0.294. The molecule has 0 saturated carbocycles. The van der Waals surface area contributed by atoms with Crippen LogP contribution in [0.3, 0.4) is 0 Å². The molecule has 2 aliphatic heterocycles. The maximum absolute atomic E-state index is 2.67. The highest BCUT2D eigenvalue weighted by Gasteiger charge is 2.48. The maximum atomic E-state index is 2.67. The molecule has 1 unspecified atom stereocenters. The van der Waals surface area contributed by atoms with Gasteiger partial charge >= 0.3 is 0 Å². The largest absolute Gasteiger partial charge is 0.310 e. The highest BCUT2D eigenvalue weighted by Crippen LogP contribution is 2.64. The van der Waals surface area contributed by atoms with Gasteiger partial charge in [0.25, 0.3) is 0 Å². The second kappa shape index (κ2) is 15.6. The molecule has 0 spiro atoms. The molecular weight excluding hydrogens is 859 g/mol. The molecule has 0 bridgehead atoms. The van der Waals surface area contributed by atoms with Crippen LogP contribution in [0.5, 0.6) is 0 Å². The summed E-state index contributed by atoms with van der Waals surface area (Å²) in [4.78, 5) is 7.73. The van der Waals surface area contributed by atoms with Crippen molar-refractivity contribution in [2.45, 2.75) is 129 Å². The van der Waals surface area contributed by atoms with Crippen molar-refractivity contribution in [2.24, 2.45) is 0 Å². The summed E-state index contributed by atoms with van der Waals surface area (Å²) >= 11 is 0. The second-order valence-corrected chi connectivity index (χ2v) is 25.0. The lowest BCUT2D eigenvalue weighted by molar-refractivity contribution is 0.402. The summed E-state index contributed by atoms with van der Waals surface area (Å²) < 4.78 is 0. The Bertz CT molecular complexity index is 3380. The first-order valence-electron chi connectivity index (χ1n) is 26.0. The van der Waals surface area contributed by atoms with Crippen LogP contribution in [0.15, 0.2) is 170 Å². The number of aryl methyl sites for hydroxylation is 1. The lowest BCUT2D eigenvalue weighted by atomic mass is 9.73. The number of fused-ring (bicyclic) bond motifs is 6. The molecule has 0 amide bonds. The number of hydrogen-bond donors (Lipinski definition) is 0. The van der Waals surface area contributed by atoms with Crippen LogP contribution in [0.4, 0.5) is 51.2 Å². The molecule has 12 rings (SSSR count). The van der Waals surface area contributed by atoms with Crippen molar-refractivity contribution >= 4 is 51.2 Å². The van der Waals surface area contributed by atoms with E-state index < -0.39 is 0 Å². The highest BCUT2D eigenvalue weighted by atomic mass is 15.2. The quantitative estimate of drug-likeness (QED) is 0.165. The number of anilines is 9. The first-order valence-corrected chi connectivity index (χ1v) is 26.0. The Morgan fingerprint density at radius 3 is 1.58 bits per heavy atom. The van der Waals surface area contributed by atoms with E-state index in [1.807, 2.05) is 0 Å². The molecule has 8 aromatic rings. The Morgan fingerprint density at radius 1 is 0.437 bits per heavy atom. The van der Waals surface area contributed by atoms with Gasteiger partial charge in [0.05, 0.1) is 28.4 Å². The predicted octanol–water partition coefficient (Wildman–Crippen LogP) is 19.1. The predicted molar refractivity (Wildman–Crippen MR) is 302 cm³/mol. The van der Waals surface area contributed by atoms with Crippen LogP contribution in [-0.4, -0.2) is 0 Å². The third-order valence-corrected chi connectivity index (χ3v) is 16.8. The van der Waals surface area contributed by atoms with Gasteiger partial charge in [-0.3, -0.25) is 0 Å². The lowest BCUT2D eigenvalue weighted by Gasteiger charge is -2.46. The average molecular weight is 928 g/mol. The zero-order chi connectivity index (χ0) is 49.6. The number of hydrogen-bond acceptors (Lipinski definition) is 3. The van der Waals surface area contributed by atoms with Gasteiger partial charge in [-0.25, -0.2) is 0 Å². The lowest BCUT2D eigenvalue weighted by Crippen LogP contribution is -2.30. The molecule has 0 fully saturated rings. The minimum absolute atomic E-state index is 0.0160. The summed E-state index contributed by atoms with van der Waals surface area (Å²) in [5.41, 5.74) is 25.9. The molecule has 3 nitrogen and oxygen atoms in total. The molecule has 2 aliphatic carbocycles. The molecule has 71 heavy (non-hydrogen) atoms. The summed E-state index contributed by atoms with van der Waals surface area (Å²) in [6.07, 6.45) is 2.24. The van der Waals surface area contributed by atoms with E-state index in [0.29, 0.717) is 0 Å². The summed E-state index contributed by atoms with van der Waals surface area (Å²) in [5.74, 6) is -0.0160. The Hall–Kier alpha value is -6.84. The third kappa shape index (κ3) is 7.12. The van der Waals surface area contributed by atoms with Crippen LogP contribution >= 0.6 is 0 Å². The summed E-state index contributed by atoms with van der Waals surface area (Å²) in [6, 6.07) is 65.1. The normalized spacial score (nSPS) is 18.3. The average Bonchev–Trinajstić information content (AvgIpc) is 3.64. The molecule has 0 radical (unpaired) electrons. The van der Waals surface area contributed by atoms with Crippen molar-refractivity contribution in [3.8, 4) is 11.1 Å². The van der Waals surface area contributed by atoms with Gasteiger partial charge in [0, 0.05) is 39.8 Å². The van der Waals surface area contributed by atoms with Crippen molar-refractivity contribution in [3.63, 3.8) is 0 Å². The van der Waals surface area contributed by atoms with Gasteiger partial charge in [-0.05, 0) is 176 Å². The highest BCUT2D eigenvalue weighted by molar-refractivity contribution is 6.00. The van der Waals surface area contributed by atoms with Crippen molar-refractivity contribution in [2.75, 3.05) is 14.7 Å². The van der Waals surface area contributed by atoms with Gasteiger partial charge < -0.3 is 14.7 Å². The van der Waals surface area contributed by atoms with Crippen LogP contribution in [0.1, 0.15) is 145 Å². The molecule has 3 heteroatoms. The monoisotopic (exact) mass is 928 g/mol. The Balaban J connectivity index is 1.20. The second-order valence-electron chi connectivity index (χ2n) is 25.0. The van der Waals surface area contributed by atoms with E-state index in [-0.39, 0.29) is 33.0 Å². The molecule has 0 aromatic heterocycles. The minimum Gasteiger partial charge on any atom is -0.310 e. The topological polar surface area (TPSA) is 9.72 Å². The molecular formula is C68H69N3. The fourth-order valence-electron chi connectivity index (χ4n) is 14.0. The maximum Gasteiger partial charge on any atom is 0.0540 e. The van der Waals surface area contributed by atoms with E-state index in [1.165, 1.54) is 95.3 Å². The zero-order valence-corrected chi connectivity index (χ0v) is 44.0. The number of para-hydroxylation sites is 2. The van der Waals surface area contributed by atoms with Crippen LogP contribution in [-0.2, 0) is 27.1 Å². The van der Waals surface area contributed by atoms with E-state index >= 15 is 0 Å². The number of benzene rings is 8. The fourth-order valence-corrected chi connectivity index (χ4v) is 14.0. The molecule has 356 valence electrons. The third-order valence-electron chi connectivity index (χ3n) is 16.8. The molecule has 1 atom stereocenters. The van der Waals surface area contributed by atoms with E-state index in [2.05, 4.69) is 268 Å². The zero-order valence-electron chi connectivity index (χ0n) is 44.0. The van der Waals surface area contributed by atoms with Gasteiger partial charge in [0.2, 0.25) is 0 Å². The minimum atomic E-state index is -0.0407. The van der Waals surface area contributed by atoms with Gasteiger partial charge in [0.15, 0.2) is 0 Å². The summed E-state index contributed by atoms with van der Waals surface area (Å²) in [7, 11) is 0. The molecule has 2 heterocycles. The standard InChI is InChI=1S/C68H69N3/c1-43-34-60-63-61(35-43)71(57-33-28-45(64(2,3)4)36-51(57)44-22-16-13-17-23-44)58-38-49(69(46-24-18-14-19-25-46)47-26-20-15-21-27-47)29-31-50(58)62(63)52-39-55-56(68(11,12)42-67(55,9)10)40-59(52)70(60)48-30-32-53-54(37-48)66(7,8)41-65(53,5)6/h13-40,62H,41-42H2,1-12H3. The van der Waals surface area contributed by atoms with Gasteiger partial charge in [0.1, 0.15) is 0 Å². The van der Waals surface area contributed by atoms with Crippen LogP contribution in [0.25, 0.3) is 11.1 Å². The SMILES string of the molecule is Cc1cc2c3c(c1)N(c1ccc(C(C)(C)C)cc1-c1ccccc1)c1cc(N(c4ccccc4)c4ccccc4)ccc1C3c1cc3c(cc1N2c1ccc2c(c1)C(C)(C)CC2(C)C)C(C)(C)CC3(C)C. The van der Waals surface area contributed by atoms with E-state index in [9.17, 15) is 0 Å². The van der Waals surface area contributed by atoms with Crippen molar-refractivity contribution < 1.29 is 0 Å². The first-order chi connectivity index (χ1) is 33.7. The van der Waals surface area contributed by atoms with Crippen LogP contribution in [0, 0.1) is 6.92 Å². The Labute approximate surface area is 423 Å². The summed E-state index contributed by atoms with van der Waals surface area (Å²) in [6.45, 7) is 28.9. The van der Waals surface area contributed by atoms with Gasteiger partial charge in [-0.2, -0.15) is 0 Å².